The van der Waals surface area contributed by atoms with E-state index in [9.17, 15) is 0 Å². The molecule has 1 aliphatic rings. The zero-order valence-corrected chi connectivity index (χ0v) is 14.0. The van der Waals surface area contributed by atoms with Gasteiger partial charge in [-0.3, -0.25) is 0 Å². The van der Waals surface area contributed by atoms with E-state index in [1.54, 1.807) is 0 Å². The Bertz CT molecular complexity index is 619. The summed E-state index contributed by atoms with van der Waals surface area (Å²) in [6, 6.07) is 14.1. The zero-order chi connectivity index (χ0) is 14.8. The minimum atomic E-state index is -0.190. The van der Waals surface area contributed by atoms with E-state index in [-0.39, 0.29) is 11.5 Å². The van der Waals surface area contributed by atoms with Crippen LogP contribution in [-0.2, 0) is 6.42 Å². The van der Waals surface area contributed by atoms with E-state index in [1.165, 1.54) is 5.56 Å². The van der Waals surface area contributed by atoms with E-state index in [1.807, 2.05) is 43.3 Å². The van der Waals surface area contributed by atoms with Gasteiger partial charge in [-0.1, -0.05) is 24.3 Å². The number of ether oxygens (including phenoxy) is 2. The number of rotatable bonds is 4. The molecule has 0 saturated heterocycles. The number of para-hydroxylation sites is 1. The minimum Gasteiger partial charge on any atom is -0.493 e. The van der Waals surface area contributed by atoms with E-state index in [4.69, 9.17) is 21.1 Å². The molecule has 2 atom stereocenters. The van der Waals surface area contributed by atoms with Gasteiger partial charge in [-0.25, -0.2) is 0 Å². The van der Waals surface area contributed by atoms with Crippen LogP contribution in [0.4, 0.5) is 0 Å². The maximum atomic E-state index is 6.62. The normalized spacial score (nSPS) is 18.0. The first-order chi connectivity index (χ1) is 10.2. The fraction of sp³-hybridized carbons (Fsp3) is 0.294. The second-order valence-corrected chi connectivity index (χ2v) is 6.32. The standard InChI is InChI=1S/C17H16BrClO2/c1-2-20-15-8-7-12(9-13(15)18)17(19)16-10-11-5-3-4-6-14(11)21-16/h3-9,16-17H,2,10H2,1H3. The quantitative estimate of drug-likeness (QED) is 0.697. The molecule has 3 rings (SSSR count). The summed E-state index contributed by atoms with van der Waals surface area (Å²) in [7, 11) is 0. The Morgan fingerprint density at radius 1 is 1.33 bits per heavy atom. The van der Waals surface area contributed by atoms with Crippen LogP contribution in [0.3, 0.4) is 0 Å². The summed E-state index contributed by atoms with van der Waals surface area (Å²) in [4.78, 5) is 0. The van der Waals surface area contributed by atoms with Gasteiger partial charge in [0.05, 0.1) is 16.5 Å². The zero-order valence-electron chi connectivity index (χ0n) is 11.7. The molecule has 2 unspecified atom stereocenters. The molecular formula is C17H16BrClO2. The number of halogens is 2. The fourth-order valence-corrected chi connectivity index (χ4v) is 3.34. The summed E-state index contributed by atoms with van der Waals surface area (Å²) in [6.07, 6.45) is 0.809. The van der Waals surface area contributed by atoms with Crippen molar-refractivity contribution >= 4 is 27.5 Å². The van der Waals surface area contributed by atoms with Gasteiger partial charge in [0, 0.05) is 6.42 Å². The first kappa shape index (κ1) is 14.7. The van der Waals surface area contributed by atoms with Crippen molar-refractivity contribution in [3.05, 3.63) is 58.1 Å². The number of hydrogen-bond acceptors (Lipinski definition) is 2. The molecule has 0 aromatic heterocycles. The largest absolute Gasteiger partial charge is 0.493 e. The predicted octanol–water partition coefficient (Wildman–Crippen LogP) is 5.13. The van der Waals surface area contributed by atoms with Gasteiger partial charge in [0.2, 0.25) is 0 Å². The van der Waals surface area contributed by atoms with Gasteiger partial charge in [0.1, 0.15) is 17.6 Å². The van der Waals surface area contributed by atoms with Gasteiger partial charge >= 0.3 is 0 Å². The summed E-state index contributed by atoms with van der Waals surface area (Å²) < 4.78 is 12.4. The molecule has 1 heterocycles. The van der Waals surface area contributed by atoms with E-state index < -0.39 is 0 Å². The number of hydrogen-bond donors (Lipinski definition) is 0. The van der Waals surface area contributed by atoms with Gasteiger partial charge in [0.25, 0.3) is 0 Å². The summed E-state index contributed by atoms with van der Waals surface area (Å²) in [5, 5.41) is -0.190. The highest BCUT2D eigenvalue weighted by atomic mass is 79.9. The van der Waals surface area contributed by atoms with Crippen LogP contribution < -0.4 is 9.47 Å². The molecule has 2 aromatic carbocycles. The molecule has 0 spiro atoms. The Labute approximate surface area is 138 Å². The third-order valence-electron chi connectivity index (χ3n) is 3.57. The first-order valence-corrected chi connectivity index (χ1v) is 8.23. The number of fused-ring (bicyclic) bond motifs is 1. The Morgan fingerprint density at radius 2 is 2.14 bits per heavy atom. The van der Waals surface area contributed by atoms with Crippen molar-refractivity contribution in [3.63, 3.8) is 0 Å². The van der Waals surface area contributed by atoms with Crippen molar-refractivity contribution in [3.8, 4) is 11.5 Å². The van der Waals surface area contributed by atoms with Crippen LogP contribution in [0.5, 0.6) is 11.5 Å². The first-order valence-electron chi connectivity index (χ1n) is 7.00. The summed E-state index contributed by atoms with van der Waals surface area (Å²) in [5.74, 6) is 1.78. The summed E-state index contributed by atoms with van der Waals surface area (Å²) >= 11 is 10.1. The molecule has 0 N–H and O–H groups in total. The fourth-order valence-electron chi connectivity index (χ4n) is 2.55. The Hall–Kier alpha value is -1.19. The van der Waals surface area contributed by atoms with E-state index in [0.717, 1.165) is 28.0 Å². The number of benzene rings is 2. The van der Waals surface area contributed by atoms with Crippen LogP contribution in [-0.4, -0.2) is 12.7 Å². The molecular weight excluding hydrogens is 352 g/mol. The van der Waals surface area contributed by atoms with Crippen molar-refractivity contribution in [1.29, 1.82) is 0 Å². The topological polar surface area (TPSA) is 18.5 Å². The molecule has 0 radical (unpaired) electrons. The van der Waals surface area contributed by atoms with Gasteiger partial charge in [-0.2, -0.15) is 0 Å². The summed E-state index contributed by atoms with van der Waals surface area (Å²) in [5.41, 5.74) is 2.25. The molecule has 110 valence electrons. The molecule has 1 aliphatic heterocycles. The number of alkyl halides is 1. The van der Waals surface area contributed by atoms with E-state index in [0.29, 0.717) is 6.61 Å². The third-order valence-corrected chi connectivity index (χ3v) is 4.73. The highest BCUT2D eigenvalue weighted by molar-refractivity contribution is 9.10. The molecule has 0 aliphatic carbocycles. The van der Waals surface area contributed by atoms with Crippen LogP contribution in [0.2, 0.25) is 0 Å². The minimum absolute atomic E-state index is 0.0334. The maximum absolute atomic E-state index is 6.62. The lowest BCUT2D eigenvalue weighted by Crippen LogP contribution is -2.19. The van der Waals surface area contributed by atoms with Gasteiger partial charge in [0.15, 0.2) is 0 Å². The lowest BCUT2D eigenvalue weighted by molar-refractivity contribution is 0.227. The van der Waals surface area contributed by atoms with Gasteiger partial charge in [-0.15, -0.1) is 11.6 Å². The van der Waals surface area contributed by atoms with Crippen LogP contribution in [0, 0.1) is 0 Å². The van der Waals surface area contributed by atoms with Crippen molar-refractivity contribution in [2.45, 2.75) is 24.8 Å². The van der Waals surface area contributed by atoms with Crippen molar-refractivity contribution in [2.75, 3.05) is 6.61 Å². The second kappa shape index (κ2) is 6.29. The highest BCUT2D eigenvalue weighted by Gasteiger charge is 2.30. The molecule has 0 fully saturated rings. The molecule has 0 bridgehead atoms. The van der Waals surface area contributed by atoms with E-state index in [2.05, 4.69) is 22.0 Å². The average molecular weight is 368 g/mol. The monoisotopic (exact) mass is 366 g/mol. The SMILES string of the molecule is CCOc1ccc(C(Cl)C2Cc3ccccc3O2)cc1Br. The molecule has 2 nitrogen and oxygen atoms in total. The Morgan fingerprint density at radius 3 is 2.86 bits per heavy atom. The van der Waals surface area contributed by atoms with Gasteiger partial charge < -0.3 is 9.47 Å². The van der Waals surface area contributed by atoms with Crippen LogP contribution in [0.1, 0.15) is 23.4 Å². The smallest absolute Gasteiger partial charge is 0.133 e. The summed E-state index contributed by atoms with van der Waals surface area (Å²) in [6.45, 7) is 2.61. The average Bonchev–Trinajstić information content (AvgIpc) is 2.92. The molecule has 4 heteroatoms. The van der Waals surface area contributed by atoms with Gasteiger partial charge in [-0.05, 0) is 52.2 Å². The van der Waals surface area contributed by atoms with Crippen LogP contribution in [0.15, 0.2) is 46.9 Å². The lowest BCUT2D eigenvalue weighted by Gasteiger charge is -2.18. The highest BCUT2D eigenvalue weighted by Crippen LogP contribution is 2.39. The second-order valence-electron chi connectivity index (χ2n) is 4.99. The van der Waals surface area contributed by atoms with Crippen molar-refractivity contribution in [2.24, 2.45) is 0 Å². The van der Waals surface area contributed by atoms with Crippen molar-refractivity contribution < 1.29 is 9.47 Å². The van der Waals surface area contributed by atoms with E-state index >= 15 is 0 Å². The maximum Gasteiger partial charge on any atom is 0.133 e. The lowest BCUT2D eigenvalue weighted by atomic mass is 10.0. The molecule has 0 saturated carbocycles. The molecule has 21 heavy (non-hydrogen) atoms. The Balaban J connectivity index is 1.77. The van der Waals surface area contributed by atoms with Crippen LogP contribution >= 0.6 is 27.5 Å². The Kier molecular flexibility index (Phi) is 4.41. The third kappa shape index (κ3) is 3.04. The molecule has 0 amide bonds. The van der Waals surface area contributed by atoms with Crippen LogP contribution in [0.25, 0.3) is 0 Å². The predicted molar refractivity (Wildman–Crippen MR) is 88.5 cm³/mol. The molecule has 2 aromatic rings. The van der Waals surface area contributed by atoms with Crippen molar-refractivity contribution in [1.82, 2.24) is 0 Å².